The first-order valence-electron chi connectivity index (χ1n) is 10.2. The van der Waals surface area contributed by atoms with Gasteiger partial charge in [-0.3, -0.25) is 0 Å². The van der Waals surface area contributed by atoms with Crippen molar-refractivity contribution in [1.82, 2.24) is 20.2 Å². The van der Waals surface area contributed by atoms with Crippen LogP contribution < -0.4 is 0 Å². The zero-order valence-electron chi connectivity index (χ0n) is 16.4. The van der Waals surface area contributed by atoms with Crippen molar-refractivity contribution in [2.24, 2.45) is 11.8 Å². The molecule has 0 saturated carbocycles. The first-order chi connectivity index (χ1) is 12.5. The molecule has 0 N–H and O–H groups in total. The van der Waals surface area contributed by atoms with E-state index in [0.717, 1.165) is 19.3 Å². The van der Waals surface area contributed by atoms with Crippen LogP contribution in [-0.2, 0) is 12.8 Å². The highest BCUT2D eigenvalue weighted by atomic mass is 15.1. The molecular weight excluding hydrogens is 320 g/mol. The lowest BCUT2D eigenvalue weighted by Gasteiger charge is -2.33. The number of hydrogen-bond acceptors (Lipinski definition) is 4. The summed E-state index contributed by atoms with van der Waals surface area (Å²) in [6, 6.07) is 2.37. The molecule has 2 aromatic rings. The second kappa shape index (κ2) is 7.05. The summed E-state index contributed by atoms with van der Waals surface area (Å²) in [6.07, 6.45) is 9.48. The van der Waals surface area contributed by atoms with E-state index < -0.39 is 0 Å². The van der Waals surface area contributed by atoms with E-state index in [1.807, 2.05) is 6.20 Å². The van der Waals surface area contributed by atoms with Crippen molar-refractivity contribution < 1.29 is 0 Å². The normalized spacial score (nSPS) is 25.2. The van der Waals surface area contributed by atoms with E-state index in [4.69, 9.17) is 10.2 Å². The molecule has 0 radical (unpaired) electrons. The molecule has 3 atom stereocenters. The molecule has 0 aliphatic heterocycles. The summed E-state index contributed by atoms with van der Waals surface area (Å²) in [5, 5.41) is 9.47. The van der Waals surface area contributed by atoms with Crippen LogP contribution in [0.15, 0.2) is 18.6 Å². The van der Waals surface area contributed by atoms with Gasteiger partial charge in [0.25, 0.3) is 0 Å². The first-order valence-corrected chi connectivity index (χ1v) is 10.2. The quantitative estimate of drug-likeness (QED) is 0.797. The van der Waals surface area contributed by atoms with Crippen molar-refractivity contribution in [1.29, 1.82) is 0 Å². The van der Waals surface area contributed by atoms with Gasteiger partial charge >= 0.3 is 0 Å². The van der Waals surface area contributed by atoms with Gasteiger partial charge in [-0.25, -0.2) is 9.97 Å². The van der Waals surface area contributed by atoms with Crippen LogP contribution >= 0.6 is 0 Å². The fourth-order valence-electron chi connectivity index (χ4n) is 4.91. The Hall–Kier alpha value is -1.84. The van der Waals surface area contributed by atoms with Gasteiger partial charge in [0, 0.05) is 24.0 Å². The second-order valence-electron chi connectivity index (χ2n) is 8.84. The third-order valence-electron chi connectivity index (χ3n) is 6.44. The van der Waals surface area contributed by atoms with Gasteiger partial charge in [-0.2, -0.15) is 10.2 Å². The van der Waals surface area contributed by atoms with Crippen molar-refractivity contribution >= 4 is 0 Å². The van der Waals surface area contributed by atoms with E-state index in [-0.39, 0.29) is 0 Å². The topological polar surface area (TPSA) is 51.6 Å². The number of hydrogen-bond donors (Lipinski definition) is 0. The van der Waals surface area contributed by atoms with Gasteiger partial charge in [0.05, 0.1) is 17.1 Å². The molecule has 0 amide bonds. The number of aryl methyl sites for hydroxylation is 1. The molecule has 4 rings (SSSR count). The molecule has 0 fully saturated rings. The van der Waals surface area contributed by atoms with E-state index in [9.17, 15) is 0 Å². The summed E-state index contributed by atoms with van der Waals surface area (Å²) in [5.74, 6) is 2.69. The van der Waals surface area contributed by atoms with Crippen LogP contribution in [0.4, 0.5) is 0 Å². The Balaban J connectivity index is 1.66. The first kappa shape index (κ1) is 17.6. The van der Waals surface area contributed by atoms with Crippen LogP contribution in [0.3, 0.4) is 0 Å². The van der Waals surface area contributed by atoms with Crippen LogP contribution in [0.5, 0.6) is 0 Å². The largest absolute Gasteiger partial charge is 0.245 e. The Morgan fingerprint density at radius 1 is 0.962 bits per heavy atom. The van der Waals surface area contributed by atoms with Gasteiger partial charge in [-0.1, -0.05) is 27.7 Å². The average molecular weight is 351 g/mol. The Morgan fingerprint density at radius 3 is 2.54 bits per heavy atom. The van der Waals surface area contributed by atoms with Crippen molar-refractivity contribution in [3.05, 3.63) is 46.8 Å². The molecule has 138 valence electrons. The minimum Gasteiger partial charge on any atom is -0.245 e. The molecule has 2 aromatic heterocycles. The zero-order chi connectivity index (χ0) is 18.3. The Morgan fingerprint density at radius 2 is 1.77 bits per heavy atom. The van der Waals surface area contributed by atoms with Crippen LogP contribution in [0.1, 0.15) is 92.9 Å². The van der Waals surface area contributed by atoms with Gasteiger partial charge in [0.15, 0.2) is 0 Å². The Bertz CT molecular complexity index is 783. The summed E-state index contributed by atoms with van der Waals surface area (Å²) >= 11 is 0. The van der Waals surface area contributed by atoms with Gasteiger partial charge in [-0.15, -0.1) is 0 Å². The second-order valence-corrected chi connectivity index (χ2v) is 8.84. The summed E-state index contributed by atoms with van der Waals surface area (Å²) < 4.78 is 0. The molecule has 4 nitrogen and oxygen atoms in total. The Kier molecular flexibility index (Phi) is 4.76. The van der Waals surface area contributed by atoms with Crippen molar-refractivity contribution in [2.45, 2.75) is 77.6 Å². The monoisotopic (exact) mass is 350 g/mol. The van der Waals surface area contributed by atoms with Gasteiger partial charge in [-0.05, 0) is 61.1 Å². The Labute approximate surface area is 156 Å². The summed E-state index contributed by atoms with van der Waals surface area (Å²) in [5.41, 5.74) is 6.42. The molecule has 0 bridgehead atoms. The minimum atomic E-state index is 0.429. The maximum absolute atomic E-state index is 4.74. The highest BCUT2D eigenvalue weighted by molar-refractivity contribution is 5.33. The van der Waals surface area contributed by atoms with Crippen LogP contribution in [0.25, 0.3) is 0 Å². The number of rotatable bonds is 3. The van der Waals surface area contributed by atoms with E-state index in [0.29, 0.717) is 29.6 Å². The smallest absolute Gasteiger partial charge is 0.115 e. The number of aromatic nitrogens is 4. The lowest BCUT2D eigenvalue weighted by atomic mass is 9.73. The molecule has 2 aliphatic carbocycles. The van der Waals surface area contributed by atoms with E-state index in [2.05, 4.69) is 43.7 Å². The fourth-order valence-corrected chi connectivity index (χ4v) is 4.91. The van der Waals surface area contributed by atoms with Gasteiger partial charge in [0.2, 0.25) is 0 Å². The molecule has 4 heteroatoms. The van der Waals surface area contributed by atoms with Crippen molar-refractivity contribution in [2.75, 3.05) is 0 Å². The summed E-state index contributed by atoms with van der Waals surface area (Å²) in [7, 11) is 0. The van der Waals surface area contributed by atoms with E-state index in [1.165, 1.54) is 41.1 Å². The van der Waals surface area contributed by atoms with E-state index >= 15 is 0 Å². The third-order valence-corrected chi connectivity index (χ3v) is 6.44. The molecule has 0 saturated heterocycles. The lowest BCUT2D eigenvalue weighted by Crippen LogP contribution is -2.24. The van der Waals surface area contributed by atoms with Crippen LogP contribution in [0, 0.1) is 11.8 Å². The number of nitrogens with zero attached hydrogens (tertiary/aromatic N) is 4. The van der Waals surface area contributed by atoms with Crippen LogP contribution in [-0.4, -0.2) is 20.2 Å². The highest BCUT2D eigenvalue weighted by Gasteiger charge is 2.33. The standard InChI is InChI=1S/C22H30N4/c1-13(2)18-7-5-6-15-10-20(25-26-22(15)18)16-8-17-11-23-12-24-21(17)19(9-16)14(3)4/h10-14,16,18-19H,5-9H2,1-4H3. The van der Waals surface area contributed by atoms with Gasteiger partial charge < -0.3 is 0 Å². The molecule has 3 unspecified atom stereocenters. The maximum atomic E-state index is 4.74. The van der Waals surface area contributed by atoms with Gasteiger partial charge in [0.1, 0.15) is 6.33 Å². The molecular formula is C22H30N4. The molecule has 0 aromatic carbocycles. The summed E-state index contributed by atoms with van der Waals surface area (Å²) in [4.78, 5) is 8.87. The average Bonchev–Trinajstić information content (AvgIpc) is 2.65. The predicted octanol–water partition coefficient (Wildman–Crippen LogP) is 4.81. The lowest BCUT2D eigenvalue weighted by molar-refractivity contribution is 0.382. The van der Waals surface area contributed by atoms with Crippen molar-refractivity contribution in [3.8, 4) is 0 Å². The molecule has 0 spiro atoms. The minimum absolute atomic E-state index is 0.429. The van der Waals surface area contributed by atoms with Crippen LogP contribution in [0.2, 0.25) is 0 Å². The molecule has 2 aliphatic rings. The third kappa shape index (κ3) is 3.15. The fraction of sp³-hybridized carbons (Fsp3) is 0.636. The maximum Gasteiger partial charge on any atom is 0.115 e. The molecule has 26 heavy (non-hydrogen) atoms. The number of fused-ring (bicyclic) bond motifs is 2. The zero-order valence-corrected chi connectivity index (χ0v) is 16.4. The van der Waals surface area contributed by atoms with E-state index in [1.54, 1.807) is 6.33 Å². The SMILES string of the molecule is CC(C)C1CC(c2cc3c(nn2)C(C(C)C)CCC3)Cc2cncnc21. The van der Waals surface area contributed by atoms with Crippen molar-refractivity contribution in [3.63, 3.8) is 0 Å². The molecule has 2 heterocycles. The highest BCUT2D eigenvalue weighted by Crippen LogP contribution is 2.42. The predicted molar refractivity (Wildman–Crippen MR) is 103 cm³/mol. The summed E-state index contributed by atoms with van der Waals surface area (Å²) in [6.45, 7) is 9.21.